The molecule has 6 nitrogen and oxygen atoms in total. The van der Waals surface area contributed by atoms with E-state index in [1.807, 2.05) is 0 Å². The summed E-state index contributed by atoms with van der Waals surface area (Å²) < 4.78 is 32.6. The van der Waals surface area contributed by atoms with E-state index >= 15 is 0 Å². The maximum absolute atomic E-state index is 12.2. The SMILES string of the molecule is COc1cc(N)ccc1S(=O)(=O)Nc1ncc(Br)s1. The van der Waals surface area contributed by atoms with Gasteiger partial charge in [0.1, 0.15) is 10.6 Å². The van der Waals surface area contributed by atoms with Gasteiger partial charge in [-0.25, -0.2) is 13.4 Å². The quantitative estimate of drug-likeness (QED) is 0.812. The predicted octanol–water partition coefficient (Wildman–Crippen LogP) is 2.30. The van der Waals surface area contributed by atoms with E-state index in [1.165, 1.54) is 42.8 Å². The molecule has 2 aromatic rings. The molecular weight excluding hydrogens is 354 g/mol. The van der Waals surface area contributed by atoms with Crippen LogP contribution in [0.1, 0.15) is 0 Å². The number of halogens is 1. The van der Waals surface area contributed by atoms with E-state index in [1.54, 1.807) is 0 Å². The zero-order valence-electron chi connectivity index (χ0n) is 9.75. The number of thiazole rings is 1. The third-order valence-corrected chi connectivity index (χ3v) is 5.08. The second-order valence-electron chi connectivity index (χ2n) is 3.49. The van der Waals surface area contributed by atoms with Gasteiger partial charge in [-0.1, -0.05) is 11.3 Å². The van der Waals surface area contributed by atoms with Crippen LogP contribution in [0.3, 0.4) is 0 Å². The van der Waals surface area contributed by atoms with Gasteiger partial charge in [-0.15, -0.1) is 0 Å². The molecule has 0 fully saturated rings. The van der Waals surface area contributed by atoms with Gasteiger partial charge < -0.3 is 10.5 Å². The van der Waals surface area contributed by atoms with Crippen molar-refractivity contribution in [3.05, 3.63) is 28.2 Å². The summed E-state index contributed by atoms with van der Waals surface area (Å²) in [6.45, 7) is 0. The van der Waals surface area contributed by atoms with Crippen LogP contribution in [0.15, 0.2) is 33.1 Å². The van der Waals surface area contributed by atoms with Crippen molar-refractivity contribution in [2.24, 2.45) is 0 Å². The van der Waals surface area contributed by atoms with Crippen LogP contribution < -0.4 is 15.2 Å². The van der Waals surface area contributed by atoms with Crippen molar-refractivity contribution in [1.29, 1.82) is 0 Å². The third-order valence-electron chi connectivity index (χ3n) is 2.18. The minimum atomic E-state index is -3.76. The van der Waals surface area contributed by atoms with Crippen LogP contribution >= 0.6 is 27.3 Å². The summed E-state index contributed by atoms with van der Waals surface area (Å²) >= 11 is 4.39. The maximum Gasteiger partial charge on any atom is 0.267 e. The molecule has 0 aliphatic heterocycles. The normalized spacial score (nSPS) is 11.3. The maximum atomic E-state index is 12.2. The lowest BCUT2D eigenvalue weighted by molar-refractivity contribution is 0.403. The number of hydrogen-bond acceptors (Lipinski definition) is 6. The highest BCUT2D eigenvalue weighted by molar-refractivity contribution is 9.11. The van der Waals surface area contributed by atoms with Gasteiger partial charge in [-0.3, -0.25) is 4.72 Å². The number of nitrogens with zero attached hydrogens (tertiary/aromatic N) is 1. The van der Waals surface area contributed by atoms with Crippen LogP contribution in [0.4, 0.5) is 10.8 Å². The molecular formula is C10H10BrN3O3S2. The summed E-state index contributed by atoms with van der Waals surface area (Å²) in [6.07, 6.45) is 1.52. The Balaban J connectivity index is 2.39. The average molecular weight is 364 g/mol. The van der Waals surface area contributed by atoms with Gasteiger partial charge in [0.15, 0.2) is 5.13 Å². The second-order valence-corrected chi connectivity index (χ2v) is 7.55. The Bertz CT molecular complexity index is 700. The predicted molar refractivity (Wildman–Crippen MR) is 78.0 cm³/mol. The number of nitrogens with two attached hydrogens (primary N) is 1. The molecule has 0 amide bonds. The Morgan fingerprint density at radius 2 is 2.21 bits per heavy atom. The van der Waals surface area contributed by atoms with Gasteiger partial charge in [0.05, 0.1) is 17.1 Å². The summed E-state index contributed by atoms with van der Waals surface area (Å²) in [5.41, 5.74) is 6.01. The molecule has 0 atom stereocenters. The van der Waals surface area contributed by atoms with Crippen molar-refractivity contribution in [3.63, 3.8) is 0 Å². The Morgan fingerprint density at radius 3 is 2.79 bits per heavy atom. The molecule has 0 saturated heterocycles. The number of rotatable bonds is 4. The number of ether oxygens (including phenoxy) is 1. The molecule has 0 bridgehead atoms. The molecule has 102 valence electrons. The first-order valence-electron chi connectivity index (χ1n) is 5.00. The molecule has 0 aliphatic rings. The molecule has 9 heteroatoms. The molecule has 0 aliphatic carbocycles. The minimum absolute atomic E-state index is 0.00974. The molecule has 0 saturated carbocycles. The van der Waals surface area contributed by atoms with E-state index in [9.17, 15) is 8.42 Å². The zero-order valence-corrected chi connectivity index (χ0v) is 13.0. The van der Waals surface area contributed by atoms with Crippen molar-refractivity contribution in [3.8, 4) is 5.75 Å². The number of sulfonamides is 1. The van der Waals surface area contributed by atoms with E-state index in [4.69, 9.17) is 10.5 Å². The first kappa shape index (κ1) is 14.1. The third kappa shape index (κ3) is 3.17. The first-order valence-corrected chi connectivity index (χ1v) is 8.09. The summed E-state index contributed by atoms with van der Waals surface area (Å²) in [5.74, 6) is 0.183. The highest BCUT2D eigenvalue weighted by Gasteiger charge is 2.21. The molecule has 3 N–H and O–H groups in total. The molecule has 1 heterocycles. The van der Waals surface area contributed by atoms with Gasteiger partial charge in [0.25, 0.3) is 10.0 Å². The fourth-order valence-corrected chi connectivity index (χ4v) is 3.88. The molecule has 19 heavy (non-hydrogen) atoms. The van der Waals surface area contributed by atoms with Crippen molar-refractivity contribution in [2.45, 2.75) is 4.90 Å². The van der Waals surface area contributed by atoms with Gasteiger partial charge in [0.2, 0.25) is 0 Å². The smallest absolute Gasteiger partial charge is 0.267 e. The topological polar surface area (TPSA) is 94.3 Å². The second kappa shape index (κ2) is 5.35. The van der Waals surface area contributed by atoms with Gasteiger partial charge >= 0.3 is 0 Å². The summed E-state index contributed by atoms with van der Waals surface area (Å²) in [7, 11) is -2.38. The lowest BCUT2D eigenvalue weighted by Gasteiger charge is -2.10. The standard InChI is InChI=1S/C10H10BrN3O3S2/c1-17-7-4-6(12)2-3-8(7)19(15,16)14-10-13-5-9(11)18-10/h2-5H,12H2,1H3,(H,13,14). The van der Waals surface area contributed by atoms with Crippen LogP contribution in [-0.2, 0) is 10.0 Å². The van der Waals surface area contributed by atoms with Crippen LogP contribution in [-0.4, -0.2) is 20.5 Å². The lowest BCUT2D eigenvalue weighted by atomic mass is 10.3. The number of methoxy groups -OCH3 is 1. The highest BCUT2D eigenvalue weighted by atomic mass is 79.9. The largest absolute Gasteiger partial charge is 0.495 e. The summed E-state index contributed by atoms with van der Waals surface area (Å²) in [6, 6.07) is 4.33. The Hall–Kier alpha value is -1.32. The molecule has 1 aromatic heterocycles. The molecule has 2 rings (SSSR count). The van der Waals surface area contributed by atoms with Crippen LogP contribution in [0, 0.1) is 0 Å². The van der Waals surface area contributed by atoms with Crippen LogP contribution in [0.2, 0.25) is 0 Å². The molecule has 0 unspecified atom stereocenters. The summed E-state index contributed by atoms with van der Waals surface area (Å²) in [5, 5.41) is 0.269. The zero-order chi connectivity index (χ0) is 14.0. The monoisotopic (exact) mass is 363 g/mol. The number of anilines is 2. The highest BCUT2D eigenvalue weighted by Crippen LogP contribution is 2.30. The number of nitrogens with one attached hydrogen (secondary N) is 1. The fraction of sp³-hybridized carbons (Fsp3) is 0.100. The molecule has 1 aromatic carbocycles. The Kier molecular flexibility index (Phi) is 3.97. The number of hydrogen-bond donors (Lipinski definition) is 2. The van der Waals surface area contributed by atoms with E-state index < -0.39 is 10.0 Å². The van der Waals surface area contributed by atoms with E-state index in [-0.39, 0.29) is 15.8 Å². The van der Waals surface area contributed by atoms with E-state index in [2.05, 4.69) is 25.6 Å². The number of nitrogen functional groups attached to an aromatic ring is 1. The van der Waals surface area contributed by atoms with Gasteiger partial charge in [-0.05, 0) is 28.1 Å². The Labute approximate surface area is 122 Å². The fourth-order valence-electron chi connectivity index (χ4n) is 1.38. The molecule has 0 spiro atoms. The van der Waals surface area contributed by atoms with Crippen molar-refractivity contribution in [1.82, 2.24) is 4.98 Å². The Morgan fingerprint density at radius 1 is 1.47 bits per heavy atom. The van der Waals surface area contributed by atoms with Crippen LogP contribution in [0.5, 0.6) is 5.75 Å². The van der Waals surface area contributed by atoms with Crippen molar-refractivity contribution >= 4 is 48.1 Å². The van der Waals surface area contributed by atoms with Crippen molar-refractivity contribution in [2.75, 3.05) is 17.6 Å². The van der Waals surface area contributed by atoms with Gasteiger partial charge in [0, 0.05) is 11.8 Å². The molecule has 0 radical (unpaired) electrons. The van der Waals surface area contributed by atoms with Gasteiger partial charge in [-0.2, -0.15) is 0 Å². The van der Waals surface area contributed by atoms with Crippen LogP contribution in [0.25, 0.3) is 0 Å². The average Bonchev–Trinajstić information content (AvgIpc) is 2.73. The summed E-state index contributed by atoms with van der Waals surface area (Å²) in [4.78, 5) is 3.93. The minimum Gasteiger partial charge on any atom is -0.495 e. The number of benzene rings is 1. The lowest BCUT2D eigenvalue weighted by Crippen LogP contribution is -2.14. The first-order chi connectivity index (χ1) is 8.92. The number of aromatic nitrogens is 1. The van der Waals surface area contributed by atoms with E-state index in [0.29, 0.717) is 5.69 Å². The van der Waals surface area contributed by atoms with E-state index in [0.717, 1.165) is 3.79 Å². The van der Waals surface area contributed by atoms with Crippen molar-refractivity contribution < 1.29 is 13.2 Å².